The molecule has 0 fully saturated rings. The maximum atomic E-state index is 5.15. The first-order chi connectivity index (χ1) is 26.8. The molecule has 11 rings (SSSR count). The number of aromatic nitrogens is 4. The third-order valence-electron chi connectivity index (χ3n) is 10.8. The molecule has 1 spiro atoms. The van der Waals surface area contributed by atoms with Crippen LogP contribution in [0.15, 0.2) is 192 Å². The number of hydrogen-bond donors (Lipinski definition) is 0. The molecule has 0 saturated heterocycles. The lowest BCUT2D eigenvalue weighted by atomic mass is 9.67. The van der Waals surface area contributed by atoms with E-state index in [2.05, 4.69) is 133 Å². The lowest BCUT2D eigenvalue weighted by Crippen LogP contribution is -2.32. The van der Waals surface area contributed by atoms with E-state index in [1.807, 2.05) is 60.4 Å². The van der Waals surface area contributed by atoms with E-state index in [0.717, 1.165) is 38.7 Å². The third-order valence-corrected chi connectivity index (χ3v) is 12.0. The summed E-state index contributed by atoms with van der Waals surface area (Å²) in [6.07, 6.45) is 1.89. The Morgan fingerprint density at radius 1 is 0.370 bits per heavy atom. The van der Waals surface area contributed by atoms with Crippen LogP contribution in [-0.4, -0.2) is 19.9 Å². The number of pyridine rings is 1. The molecule has 1 aliphatic carbocycles. The predicted molar refractivity (Wildman–Crippen MR) is 218 cm³/mol. The van der Waals surface area contributed by atoms with Crippen LogP contribution in [0.5, 0.6) is 0 Å². The Balaban J connectivity index is 1.19. The van der Waals surface area contributed by atoms with E-state index in [1.54, 1.807) is 0 Å². The van der Waals surface area contributed by atoms with Crippen molar-refractivity contribution in [3.63, 3.8) is 0 Å². The lowest BCUT2D eigenvalue weighted by Gasteiger charge is -2.39. The van der Waals surface area contributed by atoms with E-state index in [1.165, 1.54) is 43.2 Å². The third kappa shape index (κ3) is 4.65. The molecular formula is C49H30N4S. The van der Waals surface area contributed by atoms with Gasteiger partial charge in [0.05, 0.1) is 10.9 Å². The van der Waals surface area contributed by atoms with Crippen molar-refractivity contribution < 1.29 is 0 Å². The zero-order valence-corrected chi connectivity index (χ0v) is 29.8. The molecule has 0 saturated carbocycles. The van der Waals surface area contributed by atoms with E-state index in [9.17, 15) is 0 Å². The molecule has 54 heavy (non-hydrogen) atoms. The standard InChI is InChI=1S/C49H30N4S/c1-3-13-32(14-4-1)46-51-47(33-15-5-2-6-16-33)53-48(52-46)35-25-27-38-37-26-24-34(36-19-11-17-31-18-12-28-50-45(31)36)29-41(37)49(42(38)30-35)39-20-7-9-22-43(39)54-44-23-10-8-21-40(44)49/h1-30H. The van der Waals surface area contributed by atoms with Crippen LogP contribution in [0.1, 0.15) is 22.3 Å². The summed E-state index contributed by atoms with van der Waals surface area (Å²) in [5.41, 5.74) is 13.1. The molecule has 1 aliphatic heterocycles. The summed E-state index contributed by atoms with van der Waals surface area (Å²) < 4.78 is 0. The van der Waals surface area contributed by atoms with E-state index < -0.39 is 5.41 Å². The van der Waals surface area contributed by atoms with Gasteiger partial charge < -0.3 is 0 Å². The second kappa shape index (κ2) is 12.2. The molecule has 2 aliphatic rings. The Labute approximate surface area is 317 Å². The minimum absolute atomic E-state index is 0.579. The molecule has 0 atom stereocenters. The number of rotatable bonds is 4. The molecule has 9 aromatic rings. The molecule has 0 amide bonds. The van der Waals surface area contributed by atoms with Gasteiger partial charge in [0.15, 0.2) is 17.5 Å². The van der Waals surface area contributed by atoms with Crippen molar-refractivity contribution in [2.75, 3.05) is 0 Å². The van der Waals surface area contributed by atoms with Crippen molar-refractivity contribution in [2.24, 2.45) is 0 Å². The Hall–Kier alpha value is -6.69. The quantitative estimate of drug-likeness (QED) is 0.182. The van der Waals surface area contributed by atoms with Crippen LogP contribution in [0.3, 0.4) is 0 Å². The zero-order valence-electron chi connectivity index (χ0n) is 29.0. The number of fused-ring (bicyclic) bond motifs is 10. The highest BCUT2D eigenvalue weighted by molar-refractivity contribution is 7.99. The fourth-order valence-electron chi connectivity index (χ4n) is 8.48. The van der Waals surface area contributed by atoms with Crippen molar-refractivity contribution in [2.45, 2.75) is 15.2 Å². The largest absolute Gasteiger partial charge is 0.256 e. The van der Waals surface area contributed by atoms with Crippen LogP contribution in [0, 0.1) is 0 Å². The van der Waals surface area contributed by atoms with Gasteiger partial charge in [0, 0.05) is 43.6 Å². The van der Waals surface area contributed by atoms with E-state index >= 15 is 0 Å². The Morgan fingerprint density at radius 2 is 0.889 bits per heavy atom. The van der Waals surface area contributed by atoms with Crippen LogP contribution in [0.2, 0.25) is 0 Å². The molecule has 0 unspecified atom stereocenters. The van der Waals surface area contributed by atoms with E-state index in [4.69, 9.17) is 19.9 Å². The van der Waals surface area contributed by atoms with Gasteiger partial charge in [-0.1, -0.05) is 157 Å². The van der Waals surface area contributed by atoms with Gasteiger partial charge in [-0.25, -0.2) is 15.0 Å². The summed E-state index contributed by atoms with van der Waals surface area (Å²) in [5.74, 6) is 1.94. The number of para-hydroxylation sites is 1. The fourth-order valence-corrected chi connectivity index (χ4v) is 9.67. The number of benzene rings is 7. The highest BCUT2D eigenvalue weighted by Gasteiger charge is 2.50. The summed E-state index contributed by atoms with van der Waals surface area (Å²) >= 11 is 1.85. The van der Waals surface area contributed by atoms with Gasteiger partial charge in [0.1, 0.15) is 0 Å². The van der Waals surface area contributed by atoms with Crippen molar-refractivity contribution in [3.8, 4) is 56.4 Å². The van der Waals surface area contributed by atoms with Gasteiger partial charge in [0.2, 0.25) is 0 Å². The van der Waals surface area contributed by atoms with Gasteiger partial charge >= 0.3 is 0 Å². The van der Waals surface area contributed by atoms with Crippen LogP contribution in [0.25, 0.3) is 67.3 Å². The van der Waals surface area contributed by atoms with Crippen LogP contribution >= 0.6 is 11.8 Å². The van der Waals surface area contributed by atoms with Crippen LogP contribution in [-0.2, 0) is 5.41 Å². The molecule has 7 aromatic carbocycles. The zero-order chi connectivity index (χ0) is 35.6. The molecule has 0 radical (unpaired) electrons. The van der Waals surface area contributed by atoms with E-state index in [0.29, 0.717) is 17.5 Å². The average Bonchev–Trinajstić information content (AvgIpc) is 3.53. The molecular weight excluding hydrogens is 677 g/mol. The molecule has 2 aromatic heterocycles. The fraction of sp³-hybridized carbons (Fsp3) is 0.0204. The number of nitrogens with zero attached hydrogens (tertiary/aromatic N) is 4. The number of hydrogen-bond acceptors (Lipinski definition) is 5. The summed E-state index contributed by atoms with van der Waals surface area (Å²) in [7, 11) is 0. The van der Waals surface area contributed by atoms with Crippen LogP contribution < -0.4 is 0 Å². The monoisotopic (exact) mass is 706 g/mol. The molecule has 5 heteroatoms. The Morgan fingerprint density at radius 3 is 1.52 bits per heavy atom. The topological polar surface area (TPSA) is 51.6 Å². The first-order valence-electron chi connectivity index (χ1n) is 18.1. The average molecular weight is 707 g/mol. The van der Waals surface area contributed by atoms with Gasteiger partial charge in [-0.05, 0) is 69.3 Å². The van der Waals surface area contributed by atoms with Crippen molar-refractivity contribution in [1.82, 2.24) is 19.9 Å². The smallest absolute Gasteiger partial charge is 0.164 e. The Bertz CT molecular complexity index is 2810. The molecule has 4 nitrogen and oxygen atoms in total. The normalized spacial score (nSPS) is 13.3. The lowest BCUT2D eigenvalue weighted by molar-refractivity contribution is 0.722. The summed E-state index contributed by atoms with van der Waals surface area (Å²) in [6, 6.07) is 62.6. The summed E-state index contributed by atoms with van der Waals surface area (Å²) in [5, 5.41) is 1.13. The second-order valence-electron chi connectivity index (χ2n) is 13.8. The SMILES string of the molecule is c1ccc(-c2nc(-c3ccccc3)nc(-c3ccc4c(c3)C3(c5ccccc5Sc5ccccc53)c3cc(-c5cccc6cccnc56)ccc3-4)n2)cc1. The van der Waals surface area contributed by atoms with Gasteiger partial charge in [0.25, 0.3) is 0 Å². The van der Waals surface area contributed by atoms with Crippen molar-refractivity contribution >= 4 is 22.7 Å². The predicted octanol–water partition coefficient (Wildman–Crippen LogP) is 11.9. The van der Waals surface area contributed by atoms with Gasteiger partial charge in [-0.2, -0.15) is 0 Å². The summed E-state index contributed by atoms with van der Waals surface area (Å²) in [4.78, 5) is 22.6. The first kappa shape index (κ1) is 30.9. The van der Waals surface area contributed by atoms with Gasteiger partial charge in [-0.3, -0.25) is 4.98 Å². The van der Waals surface area contributed by atoms with Gasteiger partial charge in [-0.15, -0.1) is 0 Å². The molecule has 252 valence electrons. The molecule has 0 N–H and O–H groups in total. The van der Waals surface area contributed by atoms with Crippen LogP contribution in [0.4, 0.5) is 0 Å². The highest BCUT2D eigenvalue weighted by Crippen LogP contribution is 2.63. The maximum absolute atomic E-state index is 5.15. The molecule has 3 heterocycles. The minimum Gasteiger partial charge on any atom is -0.256 e. The second-order valence-corrected chi connectivity index (χ2v) is 14.9. The maximum Gasteiger partial charge on any atom is 0.164 e. The Kier molecular flexibility index (Phi) is 6.97. The highest BCUT2D eigenvalue weighted by atomic mass is 32.2. The summed E-state index contributed by atoms with van der Waals surface area (Å²) in [6.45, 7) is 0. The molecule has 0 bridgehead atoms. The van der Waals surface area contributed by atoms with E-state index in [-0.39, 0.29) is 0 Å². The minimum atomic E-state index is -0.579. The van der Waals surface area contributed by atoms with Crippen molar-refractivity contribution in [1.29, 1.82) is 0 Å². The van der Waals surface area contributed by atoms with Crippen molar-refractivity contribution in [3.05, 3.63) is 204 Å². The first-order valence-corrected chi connectivity index (χ1v) is 18.9.